The summed E-state index contributed by atoms with van der Waals surface area (Å²) in [5, 5.41) is 4.30. The molecule has 0 unspecified atom stereocenters. The number of fused-ring (bicyclic) bond motifs is 1. The zero-order valence-electron chi connectivity index (χ0n) is 15.0. The summed E-state index contributed by atoms with van der Waals surface area (Å²) in [7, 11) is 0. The van der Waals surface area contributed by atoms with E-state index in [-0.39, 0.29) is 12.1 Å². The van der Waals surface area contributed by atoms with Gasteiger partial charge in [-0.3, -0.25) is 0 Å². The van der Waals surface area contributed by atoms with Crippen LogP contribution in [-0.4, -0.2) is 53.1 Å². The molecule has 0 spiro atoms. The number of aryl methyl sites for hydroxylation is 1. The highest BCUT2D eigenvalue weighted by Crippen LogP contribution is 2.33. The second-order valence-corrected chi connectivity index (χ2v) is 6.87. The molecule has 0 aliphatic carbocycles. The Bertz CT molecular complexity index is 695. The van der Waals surface area contributed by atoms with E-state index >= 15 is 0 Å². The first-order chi connectivity index (χ1) is 11.5. The van der Waals surface area contributed by atoms with Gasteiger partial charge in [-0.2, -0.15) is 0 Å². The Morgan fingerprint density at radius 3 is 2.67 bits per heavy atom. The first kappa shape index (κ1) is 18.6. The lowest BCUT2D eigenvalue weighted by atomic mass is 10.2. The van der Waals surface area contributed by atoms with E-state index in [1.165, 1.54) is 17.7 Å². The molecule has 7 heteroatoms. The molecule has 2 heterocycles. The van der Waals surface area contributed by atoms with Crippen molar-refractivity contribution < 1.29 is 9.53 Å². The highest BCUT2D eigenvalue weighted by atomic mass is 32.1. The Kier molecular flexibility index (Phi) is 6.51. The maximum atomic E-state index is 12.3. The molecule has 0 radical (unpaired) electrons. The third-order valence-corrected chi connectivity index (χ3v) is 5.05. The molecule has 2 aromatic heterocycles. The smallest absolute Gasteiger partial charge is 0.348 e. The van der Waals surface area contributed by atoms with Crippen LogP contribution in [0.2, 0.25) is 0 Å². The molecule has 0 amide bonds. The summed E-state index contributed by atoms with van der Waals surface area (Å²) < 4.78 is 5.32. The summed E-state index contributed by atoms with van der Waals surface area (Å²) in [4.78, 5) is 24.7. The minimum atomic E-state index is -0.292. The summed E-state index contributed by atoms with van der Waals surface area (Å²) in [6.45, 7) is 13.7. The quantitative estimate of drug-likeness (QED) is 0.737. The van der Waals surface area contributed by atoms with Crippen LogP contribution < -0.4 is 5.32 Å². The van der Waals surface area contributed by atoms with Crippen LogP contribution in [-0.2, 0) is 4.74 Å². The topological polar surface area (TPSA) is 67.3 Å². The van der Waals surface area contributed by atoms with Crippen molar-refractivity contribution in [1.82, 2.24) is 14.9 Å². The number of thiophene rings is 1. The Morgan fingerprint density at radius 1 is 1.33 bits per heavy atom. The molecular weight excluding hydrogens is 324 g/mol. The summed E-state index contributed by atoms with van der Waals surface area (Å²) in [5.41, 5.74) is 0.881. The van der Waals surface area contributed by atoms with Crippen LogP contribution in [0.5, 0.6) is 0 Å². The fourth-order valence-electron chi connectivity index (χ4n) is 2.54. The largest absolute Gasteiger partial charge is 0.459 e. The zero-order chi connectivity index (χ0) is 17.7. The first-order valence-corrected chi connectivity index (χ1v) is 9.20. The van der Waals surface area contributed by atoms with Crippen molar-refractivity contribution in [3.63, 3.8) is 0 Å². The van der Waals surface area contributed by atoms with Gasteiger partial charge in [0, 0.05) is 13.1 Å². The molecule has 6 nitrogen and oxygen atoms in total. The van der Waals surface area contributed by atoms with Gasteiger partial charge in [0.1, 0.15) is 21.9 Å². The van der Waals surface area contributed by atoms with E-state index < -0.39 is 0 Å². The molecule has 2 aromatic rings. The fourth-order valence-corrected chi connectivity index (χ4v) is 3.57. The van der Waals surface area contributed by atoms with Gasteiger partial charge in [0.05, 0.1) is 11.5 Å². The van der Waals surface area contributed by atoms with Gasteiger partial charge in [-0.15, -0.1) is 11.3 Å². The lowest BCUT2D eigenvalue weighted by molar-refractivity contribution is 0.0383. The molecular formula is C17H26N4O2S. The average molecular weight is 350 g/mol. The number of hydrogen-bond acceptors (Lipinski definition) is 7. The van der Waals surface area contributed by atoms with Gasteiger partial charge < -0.3 is 15.0 Å². The van der Waals surface area contributed by atoms with Crippen molar-refractivity contribution in [3.05, 3.63) is 16.8 Å². The summed E-state index contributed by atoms with van der Waals surface area (Å²) in [5.74, 6) is 0.490. The second kappa shape index (κ2) is 8.39. The van der Waals surface area contributed by atoms with Crippen LogP contribution in [0, 0.1) is 6.92 Å². The van der Waals surface area contributed by atoms with Gasteiger partial charge in [0.15, 0.2) is 0 Å². The Balaban J connectivity index is 2.22. The Labute approximate surface area is 147 Å². The van der Waals surface area contributed by atoms with Crippen molar-refractivity contribution in [2.75, 3.05) is 31.5 Å². The van der Waals surface area contributed by atoms with E-state index in [0.717, 1.165) is 47.8 Å². The Hall–Kier alpha value is -1.73. The van der Waals surface area contributed by atoms with E-state index in [9.17, 15) is 4.79 Å². The van der Waals surface area contributed by atoms with Crippen molar-refractivity contribution in [2.24, 2.45) is 0 Å². The van der Waals surface area contributed by atoms with Crippen molar-refractivity contribution >= 4 is 33.3 Å². The highest BCUT2D eigenvalue weighted by Gasteiger charge is 2.21. The monoisotopic (exact) mass is 350 g/mol. The Morgan fingerprint density at radius 2 is 2.04 bits per heavy atom. The predicted molar refractivity (Wildman–Crippen MR) is 99.0 cm³/mol. The molecule has 0 bridgehead atoms. The number of carbonyl (C=O) groups is 1. The van der Waals surface area contributed by atoms with Crippen LogP contribution in [0.25, 0.3) is 10.2 Å². The number of hydrogen-bond donors (Lipinski definition) is 1. The van der Waals surface area contributed by atoms with E-state index in [0.29, 0.717) is 4.88 Å². The molecule has 0 aliphatic rings. The zero-order valence-corrected chi connectivity index (χ0v) is 15.9. The van der Waals surface area contributed by atoms with E-state index in [1.54, 1.807) is 0 Å². The van der Waals surface area contributed by atoms with Gasteiger partial charge in [0.25, 0.3) is 0 Å². The summed E-state index contributed by atoms with van der Waals surface area (Å²) >= 11 is 1.36. The van der Waals surface area contributed by atoms with Crippen molar-refractivity contribution in [3.8, 4) is 0 Å². The molecule has 132 valence electrons. The van der Waals surface area contributed by atoms with Crippen molar-refractivity contribution in [2.45, 2.75) is 40.7 Å². The van der Waals surface area contributed by atoms with E-state index in [1.807, 2.05) is 20.8 Å². The third-order valence-electron chi connectivity index (χ3n) is 3.87. The number of esters is 1. The molecule has 24 heavy (non-hydrogen) atoms. The number of rotatable bonds is 8. The van der Waals surface area contributed by atoms with Gasteiger partial charge in [-0.25, -0.2) is 14.8 Å². The highest BCUT2D eigenvalue weighted by molar-refractivity contribution is 7.20. The summed E-state index contributed by atoms with van der Waals surface area (Å²) in [6.07, 6.45) is 1.40. The lowest BCUT2D eigenvalue weighted by Gasteiger charge is -2.18. The molecule has 0 aliphatic heterocycles. The fraction of sp³-hybridized carbons (Fsp3) is 0.588. The lowest BCUT2D eigenvalue weighted by Crippen LogP contribution is -2.28. The standard InChI is InChI=1S/C17H26N4O2S/c1-6-21(7-2)9-8-18-15-13-12(5)14(17(22)23-11(3)4)24-16(13)20-10-19-15/h10-11H,6-9H2,1-5H3,(H,18,19,20). The normalized spacial score (nSPS) is 11.5. The van der Waals surface area contributed by atoms with Crippen molar-refractivity contribution in [1.29, 1.82) is 0 Å². The molecule has 0 aromatic carbocycles. The minimum absolute atomic E-state index is 0.139. The average Bonchev–Trinajstić information content (AvgIpc) is 2.89. The first-order valence-electron chi connectivity index (χ1n) is 8.39. The molecule has 1 N–H and O–H groups in total. The maximum Gasteiger partial charge on any atom is 0.348 e. The van der Waals surface area contributed by atoms with Crippen LogP contribution in [0.4, 0.5) is 5.82 Å². The van der Waals surface area contributed by atoms with Gasteiger partial charge in [-0.1, -0.05) is 13.8 Å². The number of ether oxygens (including phenoxy) is 1. The minimum Gasteiger partial charge on any atom is -0.459 e. The molecule has 0 fully saturated rings. The number of nitrogens with zero attached hydrogens (tertiary/aromatic N) is 3. The third kappa shape index (κ3) is 4.21. The number of carbonyl (C=O) groups excluding carboxylic acids is 1. The second-order valence-electron chi connectivity index (χ2n) is 5.87. The van der Waals surface area contributed by atoms with Crippen LogP contribution in [0.15, 0.2) is 6.33 Å². The van der Waals surface area contributed by atoms with Crippen LogP contribution in [0.1, 0.15) is 42.9 Å². The summed E-state index contributed by atoms with van der Waals surface area (Å²) in [6, 6.07) is 0. The maximum absolute atomic E-state index is 12.3. The van der Waals surface area contributed by atoms with Crippen LogP contribution >= 0.6 is 11.3 Å². The van der Waals surface area contributed by atoms with E-state index in [4.69, 9.17) is 4.74 Å². The predicted octanol–water partition coefficient (Wildman–Crippen LogP) is 3.32. The van der Waals surface area contributed by atoms with Crippen LogP contribution in [0.3, 0.4) is 0 Å². The molecule has 0 saturated heterocycles. The van der Waals surface area contributed by atoms with E-state index in [2.05, 4.69) is 34.0 Å². The number of nitrogens with one attached hydrogen (secondary N) is 1. The van der Waals surface area contributed by atoms with Gasteiger partial charge >= 0.3 is 5.97 Å². The number of aromatic nitrogens is 2. The SMILES string of the molecule is CCN(CC)CCNc1ncnc2sc(C(=O)OC(C)C)c(C)c12. The molecule has 0 atom stereocenters. The van der Waals surface area contributed by atoms with Gasteiger partial charge in [-0.05, 0) is 39.4 Å². The molecule has 0 saturated carbocycles. The van der Waals surface area contributed by atoms with Gasteiger partial charge in [0.2, 0.25) is 0 Å². The number of anilines is 1. The number of likely N-dealkylation sites (N-methyl/N-ethyl adjacent to an activating group) is 1. The molecule has 2 rings (SSSR count).